The normalized spacial score (nSPS) is 9.77. The van der Waals surface area contributed by atoms with Crippen LogP contribution in [0.25, 0.3) is 0 Å². The van der Waals surface area contributed by atoms with Crippen LogP contribution in [-0.4, -0.2) is 7.11 Å². The van der Waals surface area contributed by atoms with Crippen LogP contribution < -0.4 is 4.74 Å². The molecule has 0 saturated carbocycles. The van der Waals surface area contributed by atoms with Crippen molar-refractivity contribution in [2.24, 2.45) is 0 Å². The molecule has 3 heteroatoms. The van der Waals surface area contributed by atoms with Crippen LogP contribution in [0.2, 0.25) is 0 Å². The summed E-state index contributed by atoms with van der Waals surface area (Å²) in [6.45, 7) is 0. The number of halogens is 2. The molecule has 0 saturated heterocycles. The summed E-state index contributed by atoms with van der Waals surface area (Å²) in [5.74, 6) is 2.47. The summed E-state index contributed by atoms with van der Waals surface area (Å²) in [7, 11) is 1.33. The molecule has 1 aromatic carbocycles. The van der Waals surface area contributed by atoms with E-state index in [1.165, 1.54) is 25.3 Å². The number of hydrogen-bond acceptors (Lipinski definition) is 1. The molecule has 1 aromatic rings. The van der Waals surface area contributed by atoms with Crippen LogP contribution in [0, 0.1) is 12.3 Å². The number of ether oxygens (including phenoxy) is 1. The molecule has 0 N–H and O–H groups in total. The van der Waals surface area contributed by atoms with Crippen LogP contribution in [0.15, 0.2) is 18.2 Å². The van der Waals surface area contributed by atoms with Crippen molar-refractivity contribution in [1.82, 2.24) is 0 Å². The molecular weight excluding hydrogens is 174 g/mol. The quantitative estimate of drug-likeness (QED) is 0.639. The van der Waals surface area contributed by atoms with Crippen LogP contribution in [0.1, 0.15) is 17.6 Å². The number of hydrogen-bond donors (Lipinski definition) is 0. The molecule has 0 unspecified atom stereocenters. The zero-order valence-corrected chi connectivity index (χ0v) is 7.05. The monoisotopic (exact) mass is 182 g/mol. The maximum absolute atomic E-state index is 12.3. The fraction of sp³-hybridized carbons (Fsp3) is 0.200. The predicted molar refractivity (Wildman–Crippen MR) is 45.9 cm³/mol. The Hall–Kier alpha value is -1.56. The van der Waals surface area contributed by atoms with E-state index >= 15 is 0 Å². The molecule has 1 nitrogen and oxygen atoms in total. The van der Waals surface area contributed by atoms with Gasteiger partial charge in [0.1, 0.15) is 5.75 Å². The minimum atomic E-state index is -2.54. The van der Waals surface area contributed by atoms with Crippen molar-refractivity contribution in [3.8, 4) is 18.1 Å². The number of alkyl halides is 2. The van der Waals surface area contributed by atoms with E-state index in [1.807, 2.05) is 0 Å². The van der Waals surface area contributed by atoms with Crippen molar-refractivity contribution >= 4 is 0 Å². The lowest BCUT2D eigenvalue weighted by Crippen LogP contribution is -1.92. The van der Waals surface area contributed by atoms with Crippen molar-refractivity contribution in [1.29, 1.82) is 0 Å². The second kappa shape index (κ2) is 3.90. The van der Waals surface area contributed by atoms with Gasteiger partial charge in [-0.1, -0.05) is 5.92 Å². The van der Waals surface area contributed by atoms with Gasteiger partial charge in [-0.25, -0.2) is 8.78 Å². The van der Waals surface area contributed by atoms with E-state index in [0.29, 0.717) is 5.56 Å². The second-order valence-corrected chi connectivity index (χ2v) is 2.40. The Morgan fingerprint density at radius 2 is 2.15 bits per heavy atom. The van der Waals surface area contributed by atoms with Gasteiger partial charge in [-0.05, 0) is 18.2 Å². The van der Waals surface area contributed by atoms with Crippen molar-refractivity contribution in [3.63, 3.8) is 0 Å². The van der Waals surface area contributed by atoms with Gasteiger partial charge in [0, 0.05) is 5.56 Å². The summed E-state index contributed by atoms with van der Waals surface area (Å²) in [5.41, 5.74) is 0.391. The lowest BCUT2D eigenvalue weighted by molar-refractivity contribution is 0.147. The van der Waals surface area contributed by atoms with E-state index in [9.17, 15) is 8.78 Å². The molecule has 0 amide bonds. The molecule has 0 bridgehead atoms. The largest absolute Gasteiger partial charge is 0.496 e. The van der Waals surface area contributed by atoms with Gasteiger partial charge in [0.25, 0.3) is 6.43 Å². The predicted octanol–water partition coefficient (Wildman–Crippen LogP) is 2.61. The van der Waals surface area contributed by atoms with Gasteiger partial charge in [-0.3, -0.25) is 0 Å². The molecule has 0 radical (unpaired) electrons. The molecule has 0 spiro atoms. The summed E-state index contributed by atoms with van der Waals surface area (Å²) >= 11 is 0. The molecule has 0 fully saturated rings. The number of benzene rings is 1. The zero-order chi connectivity index (χ0) is 9.84. The average Bonchev–Trinajstić information content (AvgIpc) is 2.16. The lowest BCUT2D eigenvalue weighted by atomic mass is 10.1. The van der Waals surface area contributed by atoms with Crippen molar-refractivity contribution in [2.75, 3.05) is 7.11 Å². The Morgan fingerprint density at radius 1 is 1.46 bits per heavy atom. The van der Waals surface area contributed by atoms with Gasteiger partial charge in [0.05, 0.1) is 12.7 Å². The van der Waals surface area contributed by atoms with Crippen LogP contribution in [-0.2, 0) is 0 Å². The first-order chi connectivity index (χ1) is 6.19. The highest BCUT2D eigenvalue weighted by Gasteiger charge is 2.13. The van der Waals surface area contributed by atoms with E-state index in [0.717, 1.165) is 0 Å². The van der Waals surface area contributed by atoms with E-state index < -0.39 is 6.43 Å². The summed E-state index contributed by atoms with van der Waals surface area (Å²) in [6.07, 6.45) is 2.57. The Labute approximate surface area is 75.3 Å². The van der Waals surface area contributed by atoms with Crippen LogP contribution in [0.3, 0.4) is 0 Å². The van der Waals surface area contributed by atoms with E-state index in [1.54, 1.807) is 0 Å². The van der Waals surface area contributed by atoms with Gasteiger partial charge in [-0.2, -0.15) is 0 Å². The molecule has 0 aliphatic heterocycles. The molecule has 13 heavy (non-hydrogen) atoms. The van der Waals surface area contributed by atoms with Crippen LogP contribution in [0.4, 0.5) is 8.78 Å². The summed E-state index contributed by atoms with van der Waals surface area (Å²) in [4.78, 5) is 0. The first-order valence-corrected chi connectivity index (χ1v) is 3.61. The number of terminal acetylenes is 1. The minimum absolute atomic E-state index is 0.130. The van der Waals surface area contributed by atoms with Gasteiger partial charge in [0.15, 0.2) is 0 Å². The lowest BCUT2D eigenvalue weighted by Gasteiger charge is -2.07. The van der Waals surface area contributed by atoms with Gasteiger partial charge >= 0.3 is 0 Å². The Morgan fingerprint density at radius 3 is 2.62 bits per heavy atom. The molecule has 0 heterocycles. The third-order valence-electron chi connectivity index (χ3n) is 1.64. The zero-order valence-electron chi connectivity index (χ0n) is 7.05. The van der Waals surface area contributed by atoms with E-state index in [-0.39, 0.29) is 11.3 Å². The maximum atomic E-state index is 12.3. The standard InChI is InChI=1S/C10H8F2O/c1-3-7-4-5-8(10(11)12)9(6-7)13-2/h1,4-6,10H,2H3. The average molecular weight is 182 g/mol. The van der Waals surface area contributed by atoms with Gasteiger partial charge in [0.2, 0.25) is 0 Å². The number of rotatable bonds is 2. The molecule has 0 aromatic heterocycles. The van der Waals surface area contributed by atoms with Crippen LogP contribution >= 0.6 is 0 Å². The SMILES string of the molecule is C#Cc1ccc(C(F)F)c(OC)c1. The first kappa shape index (κ1) is 9.53. The summed E-state index contributed by atoms with van der Waals surface area (Å²) < 4.78 is 29.4. The van der Waals surface area contributed by atoms with Gasteiger partial charge in [-0.15, -0.1) is 6.42 Å². The molecule has 0 aliphatic rings. The molecule has 0 aliphatic carbocycles. The van der Waals surface area contributed by atoms with Gasteiger partial charge < -0.3 is 4.74 Å². The van der Waals surface area contributed by atoms with Crippen LogP contribution in [0.5, 0.6) is 5.75 Å². The van der Waals surface area contributed by atoms with Crippen molar-refractivity contribution in [2.45, 2.75) is 6.43 Å². The van der Waals surface area contributed by atoms with Crippen molar-refractivity contribution < 1.29 is 13.5 Å². The highest BCUT2D eigenvalue weighted by atomic mass is 19.3. The Balaban J connectivity index is 3.17. The first-order valence-electron chi connectivity index (χ1n) is 3.61. The topological polar surface area (TPSA) is 9.23 Å². The minimum Gasteiger partial charge on any atom is -0.496 e. The highest BCUT2D eigenvalue weighted by molar-refractivity contribution is 5.44. The Kier molecular flexibility index (Phi) is 2.86. The fourth-order valence-corrected chi connectivity index (χ4v) is 0.981. The smallest absolute Gasteiger partial charge is 0.267 e. The molecule has 68 valence electrons. The third-order valence-corrected chi connectivity index (χ3v) is 1.64. The van der Waals surface area contributed by atoms with Crippen molar-refractivity contribution in [3.05, 3.63) is 29.3 Å². The Bertz CT molecular complexity index is 339. The molecule has 1 rings (SSSR count). The molecule has 0 atom stereocenters. The molecular formula is C10H8F2O. The highest BCUT2D eigenvalue weighted by Crippen LogP contribution is 2.29. The maximum Gasteiger partial charge on any atom is 0.267 e. The summed E-state index contributed by atoms with van der Waals surface area (Å²) in [5, 5.41) is 0. The van der Waals surface area contributed by atoms with E-state index in [2.05, 4.69) is 5.92 Å². The summed E-state index contributed by atoms with van der Waals surface area (Å²) in [6, 6.07) is 4.16. The third kappa shape index (κ3) is 1.97. The van der Waals surface area contributed by atoms with E-state index in [4.69, 9.17) is 11.2 Å². The second-order valence-electron chi connectivity index (χ2n) is 2.40. The fourth-order valence-electron chi connectivity index (χ4n) is 0.981. The number of methoxy groups -OCH3 is 1.